The number of hydrogen-bond acceptors (Lipinski definition) is 6. The van der Waals surface area contributed by atoms with Gasteiger partial charge < -0.3 is 14.3 Å². The number of allylic oxidation sites excluding steroid dienone is 3. The molecule has 2 unspecified atom stereocenters. The molecule has 0 spiro atoms. The fraction of sp³-hybridized carbons (Fsp3) is 0.423. The van der Waals surface area contributed by atoms with Crippen LogP contribution in [0.3, 0.4) is 0 Å². The number of H-pyrrole nitrogens is 2. The van der Waals surface area contributed by atoms with E-state index in [0.29, 0.717) is 18.9 Å². The molecule has 9 nitrogen and oxygen atoms in total. The number of aromatic nitrogens is 8. The molecule has 0 saturated carbocycles. The van der Waals surface area contributed by atoms with E-state index in [-0.39, 0.29) is 5.92 Å². The highest BCUT2D eigenvalue weighted by molar-refractivity contribution is 5.68. The monoisotopic (exact) mass is 472 g/mol. The van der Waals surface area contributed by atoms with Crippen molar-refractivity contribution in [1.29, 1.82) is 0 Å². The predicted molar refractivity (Wildman–Crippen MR) is 134 cm³/mol. The van der Waals surface area contributed by atoms with Crippen molar-refractivity contribution in [3.8, 4) is 0 Å². The molecule has 9 heteroatoms. The molecule has 0 aliphatic heterocycles. The first-order chi connectivity index (χ1) is 17.1. The van der Waals surface area contributed by atoms with Gasteiger partial charge in [-0.15, -0.1) is 10.2 Å². The van der Waals surface area contributed by atoms with Crippen molar-refractivity contribution in [2.24, 2.45) is 0 Å². The van der Waals surface area contributed by atoms with E-state index in [9.17, 15) is 0 Å². The van der Waals surface area contributed by atoms with Crippen molar-refractivity contribution in [3.63, 3.8) is 0 Å². The Kier molecular flexibility index (Phi) is 6.48. The van der Waals surface area contributed by atoms with Crippen LogP contribution in [0.15, 0.2) is 54.3 Å². The van der Waals surface area contributed by atoms with Gasteiger partial charge in [0.2, 0.25) is 0 Å². The third-order valence-corrected chi connectivity index (χ3v) is 6.91. The van der Waals surface area contributed by atoms with E-state index >= 15 is 0 Å². The number of unbranched alkanes of at least 4 members (excludes halogenated alkanes) is 1. The number of benzene rings is 1. The van der Waals surface area contributed by atoms with E-state index < -0.39 is 5.41 Å². The number of aryl methyl sites for hydroxylation is 2. The maximum atomic E-state index is 6.07. The predicted octanol–water partition coefficient (Wildman–Crippen LogP) is 4.74. The van der Waals surface area contributed by atoms with Crippen molar-refractivity contribution < 1.29 is 4.74 Å². The highest BCUT2D eigenvalue weighted by Gasteiger charge is 2.43. The Bertz CT molecular complexity index is 1320. The molecular weight excluding hydrogens is 440 g/mol. The zero-order valence-electron chi connectivity index (χ0n) is 20.5. The lowest BCUT2D eigenvalue weighted by Gasteiger charge is -2.34. The number of fused-ring (bicyclic) bond motifs is 1. The van der Waals surface area contributed by atoms with E-state index in [1.807, 2.05) is 24.3 Å². The summed E-state index contributed by atoms with van der Waals surface area (Å²) in [5, 5.41) is 15.3. The molecule has 2 N–H and O–H groups in total. The summed E-state index contributed by atoms with van der Waals surface area (Å²) in [6.07, 6.45) is 10.1. The Morgan fingerprint density at radius 3 is 2.71 bits per heavy atom. The smallest absolute Gasteiger partial charge is 0.185 e. The van der Waals surface area contributed by atoms with E-state index in [4.69, 9.17) is 14.7 Å². The summed E-state index contributed by atoms with van der Waals surface area (Å²) in [7, 11) is 0. The van der Waals surface area contributed by atoms with Crippen LogP contribution >= 0.6 is 0 Å². The fourth-order valence-electron chi connectivity index (χ4n) is 4.81. The molecule has 35 heavy (non-hydrogen) atoms. The lowest BCUT2D eigenvalue weighted by atomic mass is 9.70. The third-order valence-electron chi connectivity index (χ3n) is 6.91. The number of hydrogen-bond donors (Lipinski definition) is 2. The lowest BCUT2D eigenvalue weighted by molar-refractivity contribution is 0.205. The van der Waals surface area contributed by atoms with Gasteiger partial charge in [-0.2, -0.15) is 5.21 Å². The molecule has 0 saturated heterocycles. The topological polar surface area (TPSA) is 110 Å². The van der Waals surface area contributed by atoms with Crippen molar-refractivity contribution in [2.45, 2.75) is 70.9 Å². The molecule has 1 aromatic carbocycles. The van der Waals surface area contributed by atoms with Gasteiger partial charge in [-0.05, 0) is 37.5 Å². The molecule has 1 aliphatic carbocycles. The van der Waals surface area contributed by atoms with Crippen LogP contribution in [0, 0.1) is 0 Å². The van der Waals surface area contributed by atoms with E-state index in [0.717, 1.165) is 60.1 Å². The summed E-state index contributed by atoms with van der Waals surface area (Å²) < 4.78 is 8.27. The van der Waals surface area contributed by atoms with Gasteiger partial charge >= 0.3 is 0 Å². The van der Waals surface area contributed by atoms with Crippen molar-refractivity contribution >= 4 is 11.3 Å². The average Bonchev–Trinajstić information content (AvgIpc) is 3.63. The maximum Gasteiger partial charge on any atom is 0.185 e. The number of imidazole rings is 2. The van der Waals surface area contributed by atoms with Gasteiger partial charge in [-0.1, -0.05) is 61.9 Å². The van der Waals surface area contributed by atoms with Crippen LogP contribution < -0.4 is 0 Å². The Balaban J connectivity index is 1.43. The first-order valence-corrected chi connectivity index (χ1v) is 12.4. The van der Waals surface area contributed by atoms with Crippen LogP contribution in [0.2, 0.25) is 0 Å². The van der Waals surface area contributed by atoms with Crippen LogP contribution in [-0.2, 0) is 29.7 Å². The maximum absolute atomic E-state index is 6.07. The van der Waals surface area contributed by atoms with Gasteiger partial charge in [0.1, 0.15) is 24.0 Å². The largest absolute Gasteiger partial charge is 0.489 e. The zero-order chi connectivity index (χ0) is 24.3. The summed E-state index contributed by atoms with van der Waals surface area (Å²) in [4.78, 5) is 13.3. The van der Waals surface area contributed by atoms with Gasteiger partial charge in [0, 0.05) is 18.9 Å². The van der Waals surface area contributed by atoms with Crippen LogP contribution in [0.5, 0.6) is 0 Å². The van der Waals surface area contributed by atoms with Crippen molar-refractivity contribution in [1.82, 2.24) is 40.1 Å². The number of nitrogens with one attached hydrogen (secondary N) is 2. The standard InChI is InChI=1S/C26H32N8O/c1-4-6-12-21-27-22-24(28-21)34(5-2)23(29-22)18(3)26(25-30-32-33-31-25)15-13-20(14-16-26)35-17-19-10-8-7-9-11-19/h7-11,13-15,18H,4-6,12,16-17H2,1-3H3,(H,27,28)(H,30,31,32,33). The van der Waals surface area contributed by atoms with Gasteiger partial charge in [0.05, 0.1) is 5.41 Å². The minimum absolute atomic E-state index is 0.0232. The highest BCUT2D eigenvalue weighted by Crippen LogP contribution is 2.44. The number of rotatable bonds is 10. The molecule has 4 aromatic rings. The fourth-order valence-corrected chi connectivity index (χ4v) is 4.81. The molecule has 182 valence electrons. The molecular formula is C26H32N8O. The molecule has 0 bridgehead atoms. The quantitative estimate of drug-likeness (QED) is 0.345. The molecule has 5 rings (SSSR count). The Hall–Kier alpha value is -3.75. The number of aromatic amines is 2. The van der Waals surface area contributed by atoms with E-state index in [1.165, 1.54) is 0 Å². The van der Waals surface area contributed by atoms with Gasteiger partial charge in [0.15, 0.2) is 17.1 Å². The van der Waals surface area contributed by atoms with Crippen LogP contribution in [0.1, 0.15) is 69.0 Å². The summed E-state index contributed by atoms with van der Waals surface area (Å²) in [6, 6.07) is 10.2. The molecule has 0 amide bonds. The third kappa shape index (κ3) is 4.38. The second-order valence-electron chi connectivity index (χ2n) is 9.09. The van der Waals surface area contributed by atoms with Crippen molar-refractivity contribution in [3.05, 3.63) is 77.4 Å². The van der Waals surface area contributed by atoms with Crippen LogP contribution in [0.25, 0.3) is 11.3 Å². The first kappa shape index (κ1) is 23.0. The minimum Gasteiger partial charge on any atom is -0.489 e. The number of ether oxygens (including phenoxy) is 1. The minimum atomic E-state index is -0.507. The van der Waals surface area contributed by atoms with Crippen LogP contribution in [-0.4, -0.2) is 40.1 Å². The van der Waals surface area contributed by atoms with E-state index in [2.05, 4.69) is 75.2 Å². The van der Waals surface area contributed by atoms with Gasteiger partial charge in [0.25, 0.3) is 0 Å². The Labute approximate surface area is 204 Å². The molecule has 1 aliphatic rings. The molecule has 2 atom stereocenters. The zero-order valence-corrected chi connectivity index (χ0v) is 20.5. The molecule has 3 heterocycles. The lowest BCUT2D eigenvalue weighted by Crippen LogP contribution is -2.34. The Morgan fingerprint density at radius 2 is 2.03 bits per heavy atom. The second-order valence-corrected chi connectivity index (χ2v) is 9.09. The summed E-state index contributed by atoms with van der Waals surface area (Å²) in [5.41, 5.74) is 2.38. The number of tetrazole rings is 1. The first-order valence-electron chi connectivity index (χ1n) is 12.4. The summed E-state index contributed by atoms with van der Waals surface area (Å²) in [6.45, 7) is 7.80. The SMILES string of the molecule is CCCCc1nc2c(nc(C(C)C3(c4nn[nH]n4)C=CC(OCc4ccccc4)=CC3)n2CC)[nH]1. The second kappa shape index (κ2) is 9.85. The summed E-state index contributed by atoms with van der Waals surface area (Å²) in [5.74, 6) is 3.42. The normalized spacial score (nSPS) is 18.7. The highest BCUT2D eigenvalue weighted by atomic mass is 16.5. The summed E-state index contributed by atoms with van der Waals surface area (Å²) >= 11 is 0. The van der Waals surface area contributed by atoms with E-state index in [1.54, 1.807) is 0 Å². The molecule has 3 aromatic heterocycles. The average molecular weight is 473 g/mol. The van der Waals surface area contributed by atoms with Crippen LogP contribution in [0.4, 0.5) is 0 Å². The molecule has 0 radical (unpaired) electrons. The van der Waals surface area contributed by atoms with Gasteiger partial charge in [-0.3, -0.25) is 0 Å². The molecule has 0 fully saturated rings. The Morgan fingerprint density at radius 1 is 1.17 bits per heavy atom. The van der Waals surface area contributed by atoms with Crippen molar-refractivity contribution in [2.75, 3.05) is 0 Å². The number of nitrogens with zero attached hydrogens (tertiary/aromatic N) is 6. The van der Waals surface area contributed by atoms with Gasteiger partial charge in [-0.25, -0.2) is 9.97 Å².